The Morgan fingerprint density at radius 2 is 2.00 bits per heavy atom. The van der Waals surface area contributed by atoms with Gasteiger partial charge in [0.25, 0.3) is 0 Å². The number of nitrogen functional groups attached to an aromatic ring is 1. The minimum Gasteiger partial charge on any atom is -0.398 e. The largest absolute Gasteiger partial charge is 0.398 e. The third kappa shape index (κ3) is 2.48. The fourth-order valence-corrected chi connectivity index (χ4v) is 3.84. The van der Waals surface area contributed by atoms with E-state index in [-0.39, 0.29) is 10.4 Å². The van der Waals surface area contributed by atoms with E-state index in [9.17, 15) is 8.42 Å². The summed E-state index contributed by atoms with van der Waals surface area (Å²) < 4.78 is 27.2. The van der Waals surface area contributed by atoms with Crippen molar-refractivity contribution in [2.45, 2.75) is 43.5 Å². The molecule has 0 amide bonds. The van der Waals surface area contributed by atoms with Gasteiger partial charge in [0, 0.05) is 16.2 Å². The van der Waals surface area contributed by atoms with E-state index < -0.39 is 10.0 Å². The van der Waals surface area contributed by atoms with Crippen molar-refractivity contribution in [2.75, 3.05) is 5.73 Å². The first-order chi connectivity index (χ1) is 8.23. The zero-order chi connectivity index (χ0) is 13.6. The Labute approximate surface area is 113 Å². The van der Waals surface area contributed by atoms with Gasteiger partial charge < -0.3 is 5.73 Å². The lowest BCUT2D eigenvalue weighted by molar-refractivity contribution is 0.248. The first-order valence-electron chi connectivity index (χ1n) is 5.83. The van der Waals surface area contributed by atoms with Crippen LogP contribution in [0.15, 0.2) is 17.0 Å². The molecule has 100 valence electrons. The second-order valence-corrected chi connectivity index (χ2v) is 7.23. The van der Waals surface area contributed by atoms with Crippen LogP contribution in [0.1, 0.15) is 31.7 Å². The van der Waals surface area contributed by atoms with E-state index in [1.54, 1.807) is 6.92 Å². The second kappa shape index (κ2) is 4.40. The lowest BCUT2D eigenvalue weighted by Gasteiger charge is -2.38. The van der Waals surface area contributed by atoms with Gasteiger partial charge >= 0.3 is 0 Å². The number of benzene rings is 1. The lowest BCUT2D eigenvalue weighted by atomic mass is 9.80. The number of nitrogens with two attached hydrogens (primary N) is 1. The van der Waals surface area contributed by atoms with Crippen molar-refractivity contribution in [1.82, 2.24) is 4.72 Å². The predicted octanol–water partition coefficient (Wildman–Crippen LogP) is 2.45. The van der Waals surface area contributed by atoms with Crippen molar-refractivity contribution >= 4 is 27.3 Å². The summed E-state index contributed by atoms with van der Waals surface area (Å²) in [6, 6.07) is 2.89. The van der Waals surface area contributed by atoms with E-state index >= 15 is 0 Å². The number of anilines is 1. The maximum Gasteiger partial charge on any atom is 0.241 e. The molecule has 4 nitrogen and oxygen atoms in total. The SMILES string of the molecule is Cc1c(N)cc(S(=O)(=O)NC2(C)CCC2)cc1Cl. The summed E-state index contributed by atoms with van der Waals surface area (Å²) in [4.78, 5) is 0.128. The Morgan fingerprint density at radius 3 is 2.44 bits per heavy atom. The highest BCUT2D eigenvalue weighted by atomic mass is 35.5. The molecule has 0 atom stereocenters. The Bertz CT molecular complexity index is 557. The zero-order valence-corrected chi connectivity index (χ0v) is 12.0. The van der Waals surface area contributed by atoms with Crippen LogP contribution in [-0.2, 0) is 10.0 Å². The normalized spacial score (nSPS) is 18.4. The highest BCUT2D eigenvalue weighted by Crippen LogP contribution is 2.33. The monoisotopic (exact) mass is 288 g/mol. The molecule has 1 saturated carbocycles. The highest BCUT2D eigenvalue weighted by molar-refractivity contribution is 7.89. The molecule has 0 heterocycles. The maximum atomic E-state index is 12.2. The molecule has 0 spiro atoms. The molecular weight excluding hydrogens is 272 g/mol. The summed E-state index contributed by atoms with van der Waals surface area (Å²) in [5.41, 5.74) is 6.51. The third-order valence-electron chi connectivity index (χ3n) is 3.51. The Balaban J connectivity index is 2.35. The molecule has 0 aromatic heterocycles. The van der Waals surface area contributed by atoms with Gasteiger partial charge in [-0.2, -0.15) is 0 Å². The van der Waals surface area contributed by atoms with Gasteiger partial charge in [-0.25, -0.2) is 13.1 Å². The second-order valence-electron chi connectivity index (χ2n) is 5.14. The van der Waals surface area contributed by atoms with Gasteiger partial charge in [0.2, 0.25) is 10.0 Å². The molecule has 1 aromatic carbocycles. The average Bonchev–Trinajstić information content (AvgIpc) is 2.22. The molecule has 0 radical (unpaired) electrons. The van der Waals surface area contributed by atoms with E-state index in [1.165, 1.54) is 12.1 Å². The molecule has 0 saturated heterocycles. The van der Waals surface area contributed by atoms with Crippen LogP contribution >= 0.6 is 11.6 Å². The first kappa shape index (κ1) is 13.6. The topological polar surface area (TPSA) is 72.2 Å². The summed E-state index contributed by atoms with van der Waals surface area (Å²) in [5.74, 6) is 0. The van der Waals surface area contributed by atoms with Crippen LogP contribution < -0.4 is 10.5 Å². The maximum absolute atomic E-state index is 12.2. The Morgan fingerprint density at radius 1 is 1.39 bits per heavy atom. The minimum atomic E-state index is -3.56. The van der Waals surface area contributed by atoms with Gasteiger partial charge in [0.15, 0.2) is 0 Å². The van der Waals surface area contributed by atoms with Crippen molar-refractivity contribution in [1.29, 1.82) is 0 Å². The summed E-state index contributed by atoms with van der Waals surface area (Å²) in [7, 11) is -3.56. The predicted molar refractivity (Wildman–Crippen MR) is 73.2 cm³/mol. The quantitative estimate of drug-likeness (QED) is 0.839. The molecule has 1 fully saturated rings. The van der Waals surface area contributed by atoms with Crippen molar-refractivity contribution in [3.05, 3.63) is 22.7 Å². The summed E-state index contributed by atoms with van der Waals surface area (Å²) in [5, 5.41) is 0.370. The van der Waals surface area contributed by atoms with Gasteiger partial charge in [0.1, 0.15) is 0 Å². The van der Waals surface area contributed by atoms with Crippen LogP contribution in [0, 0.1) is 6.92 Å². The summed E-state index contributed by atoms with van der Waals surface area (Å²) in [6.07, 6.45) is 2.78. The summed E-state index contributed by atoms with van der Waals surface area (Å²) >= 11 is 5.97. The van der Waals surface area contributed by atoms with E-state index in [1.807, 2.05) is 6.92 Å². The van der Waals surface area contributed by atoms with Crippen molar-refractivity contribution < 1.29 is 8.42 Å². The van der Waals surface area contributed by atoms with Crippen LogP contribution in [0.4, 0.5) is 5.69 Å². The molecule has 18 heavy (non-hydrogen) atoms. The van der Waals surface area contributed by atoms with E-state index in [0.717, 1.165) is 19.3 Å². The van der Waals surface area contributed by atoms with Crippen molar-refractivity contribution in [3.8, 4) is 0 Å². The Kier molecular flexibility index (Phi) is 3.34. The van der Waals surface area contributed by atoms with Gasteiger partial charge in [-0.3, -0.25) is 0 Å². The van der Waals surface area contributed by atoms with Crippen molar-refractivity contribution in [2.24, 2.45) is 0 Å². The molecule has 0 aliphatic heterocycles. The van der Waals surface area contributed by atoms with Gasteiger partial charge in [-0.1, -0.05) is 11.6 Å². The number of nitrogens with one attached hydrogen (secondary N) is 1. The van der Waals surface area contributed by atoms with Crippen LogP contribution in [0.5, 0.6) is 0 Å². The fraction of sp³-hybridized carbons (Fsp3) is 0.500. The lowest BCUT2D eigenvalue weighted by Crippen LogP contribution is -2.50. The minimum absolute atomic E-state index is 0.128. The van der Waals surface area contributed by atoms with E-state index in [0.29, 0.717) is 16.3 Å². The van der Waals surface area contributed by atoms with Crippen LogP contribution in [-0.4, -0.2) is 14.0 Å². The number of hydrogen-bond acceptors (Lipinski definition) is 3. The van der Waals surface area contributed by atoms with Gasteiger partial charge in [0.05, 0.1) is 4.90 Å². The van der Waals surface area contributed by atoms with Gasteiger partial charge in [-0.15, -0.1) is 0 Å². The number of hydrogen-bond donors (Lipinski definition) is 2. The van der Waals surface area contributed by atoms with Crippen LogP contribution in [0.25, 0.3) is 0 Å². The average molecular weight is 289 g/mol. The molecular formula is C12H17ClN2O2S. The number of halogens is 1. The van der Waals surface area contributed by atoms with Gasteiger partial charge in [-0.05, 0) is 50.8 Å². The molecule has 1 aliphatic rings. The van der Waals surface area contributed by atoms with Crippen molar-refractivity contribution in [3.63, 3.8) is 0 Å². The number of sulfonamides is 1. The fourth-order valence-electron chi connectivity index (χ4n) is 2.02. The standard InChI is InChI=1S/C12H17ClN2O2S/c1-8-10(13)6-9(7-11(8)14)18(16,17)15-12(2)4-3-5-12/h6-7,15H,3-5,14H2,1-2H3. The van der Waals surface area contributed by atoms with Crippen LogP contribution in [0.2, 0.25) is 5.02 Å². The molecule has 6 heteroatoms. The summed E-state index contributed by atoms with van der Waals surface area (Å²) in [6.45, 7) is 3.67. The zero-order valence-electron chi connectivity index (χ0n) is 10.5. The molecule has 0 unspecified atom stereocenters. The first-order valence-corrected chi connectivity index (χ1v) is 7.69. The smallest absolute Gasteiger partial charge is 0.241 e. The molecule has 2 rings (SSSR count). The molecule has 0 bridgehead atoms. The molecule has 1 aromatic rings. The highest BCUT2D eigenvalue weighted by Gasteiger charge is 2.36. The van der Waals surface area contributed by atoms with E-state index in [2.05, 4.69) is 4.72 Å². The Hall–Kier alpha value is -0.780. The third-order valence-corrected chi connectivity index (χ3v) is 5.52. The number of rotatable bonds is 3. The molecule has 3 N–H and O–H groups in total. The van der Waals surface area contributed by atoms with E-state index in [4.69, 9.17) is 17.3 Å². The molecule has 1 aliphatic carbocycles. The van der Waals surface area contributed by atoms with Crippen LogP contribution in [0.3, 0.4) is 0 Å².